The summed E-state index contributed by atoms with van der Waals surface area (Å²) >= 11 is 5.28. The number of rotatable bonds is 7. The lowest BCUT2D eigenvalue weighted by atomic mass is 10.0. The Morgan fingerprint density at radius 3 is 2.75 bits per heavy atom. The van der Waals surface area contributed by atoms with Crippen LogP contribution >= 0.6 is 27.3 Å². The van der Waals surface area contributed by atoms with Crippen molar-refractivity contribution in [2.75, 3.05) is 6.61 Å². The topological polar surface area (TPSA) is 35.2 Å². The van der Waals surface area contributed by atoms with E-state index in [0.29, 0.717) is 0 Å². The summed E-state index contributed by atoms with van der Waals surface area (Å²) in [4.78, 5) is 1.31. The molecule has 0 aliphatic rings. The fourth-order valence-corrected chi connectivity index (χ4v) is 3.32. The molecule has 2 atom stereocenters. The Morgan fingerprint density at radius 2 is 2.25 bits per heavy atom. The first-order valence-corrected chi connectivity index (χ1v) is 7.45. The summed E-state index contributed by atoms with van der Waals surface area (Å²) in [6.07, 6.45) is 3.23. The minimum absolute atomic E-state index is 0.0925. The van der Waals surface area contributed by atoms with Gasteiger partial charge in [-0.05, 0) is 40.7 Å². The highest BCUT2D eigenvalue weighted by atomic mass is 79.9. The predicted octanol–water partition coefficient (Wildman–Crippen LogP) is 3.59. The van der Waals surface area contributed by atoms with Crippen molar-refractivity contribution in [3.8, 4) is 0 Å². The third kappa shape index (κ3) is 4.17. The van der Waals surface area contributed by atoms with Gasteiger partial charge in [0.2, 0.25) is 0 Å². The van der Waals surface area contributed by atoms with E-state index < -0.39 is 0 Å². The molecule has 92 valence electrons. The van der Waals surface area contributed by atoms with Crippen LogP contribution in [0.25, 0.3) is 0 Å². The fraction of sp³-hybridized carbons (Fsp3) is 0.667. The Morgan fingerprint density at radius 1 is 1.50 bits per heavy atom. The first kappa shape index (κ1) is 14.2. The van der Waals surface area contributed by atoms with Crippen molar-refractivity contribution in [1.82, 2.24) is 0 Å². The second kappa shape index (κ2) is 7.43. The maximum atomic E-state index is 6.21. The van der Waals surface area contributed by atoms with E-state index in [-0.39, 0.29) is 12.1 Å². The van der Waals surface area contributed by atoms with Gasteiger partial charge in [0.15, 0.2) is 0 Å². The molecule has 0 radical (unpaired) electrons. The largest absolute Gasteiger partial charge is 0.377 e. The molecule has 0 aromatic carbocycles. The molecular formula is C12H20BrNOS. The van der Waals surface area contributed by atoms with Crippen molar-refractivity contribution in [1.29, 1.82) is 0 Å². The summed E-state index contributed by atoms with van der Waals surface area (Å²) < 4.78 is 6.86. The minimum Gasteiger partial charge on any atom is -0.377 e. The molecule has 16 heavy (non-hydrogen) atoms. The van der Waals surface area contributed by atoms with E-state index in [1.165, 1.54) is 9.35 Å². The van der Waals surface area contributed by atoms with Crippen LogP contribution < -0.4 is 5.73 Å². The zero-order chi connectivity index (χ0) is 12.0. The summed E-state index contributed by atoms with van der Waals surface area (Å²) in [7, 11) is 0. The van der Waals surface area contributed by atoms with Crippen LogP contribution in [0.3, 0.4) is 0 Å². The Bertz CT molecular complexity index is 297. The van der Waals surface area contributed by atoms with E-state index in [2.05, 4.69) is 34.3 Å². The average molecular weight is 306 g/mol. The molecule has 0 saturated heterocycles. The Kier molecular flexibility index (Phi) is 6.58. The van der Waals surface area contributed by atoms with Gasteiger partial charge in [0.25, 0.3) is 0 Å². The van der Waals surface area contributed by atoms with Gasteiger partial charge in [-0.15, -0.1) is 11.3 Å². The van der Waals surface area contributed by atoms with Gasteiger partial charge in [-0.1, -0.05) is 13.3 Å². The second-order valence-electron chi connectivity index (χ2n) is 3.84. The van der Waals surface area contributed by atoms with E-state index in [0.717, 1.165) is 25.9 Å². The first-order valence-electron chi connectivity index (χ1n) is 5.78. The van der Waals surface area contributed by atoms with E-state index in [4.69, 9.17) is 10.5 Å². The van der Waals surface area contributed by atoms with Crippen molar-refractivity contribution in [2.45, 2.75) is 45.3 Å². The van der Waals surface area contributed by atoms with Gasteiger partial charge in [-0.25, -0.2) is 0 Å². The summed E-state index contributed by atoms with van der Waals surface area (Å²) in [6.45, 7) is 4.93. The number of nitrogens with two attached hydrogens (primary N) is 1. The van der Waals surface area contributed by atoms with Crippen molar-refractivity contribution >= 4 is 27.3 Å². The van der Waals surface area contributed by atoms with Crippen LogP contribution in [-0.4, -0.2) is 18.8 Å². The highest BCUT2D eigenvalue weighted by molar-refractivity contribution is 9.10. The molecule has 1 rings (SSSR count). The number of hydrogen-bond acceptors (Lipinski definition) is 3. The number of halogens is 1. The summed E-state index contributed by atoms with van der Waals surface area (Å²) in [5.74, 6) is 0. The monoisotopic (exact) mass is 305 g/mol. The van der Waals surface area contributed by atoms with Crippen LogP contribution in [0.1, 0.15) is 31.6 Å². The quantitative estimate of drug-likeness (QED) is 0.835. The van der Waals surface area contributed by atoms with E-state index >= 15 is 0 Å². The molecule has 2 unspecified atom stereocenters. The summed E-state index contributed by atoms with van der Waals surface area (Å²) in [5.41, 5.74) is 6.21. The first-order chi connectivity index (χ1) is 7.69. The van der Waals surface area contributed by atoms with Gasteiger partial charge >= 0.3 is 0 Å². The molecule has 0 spiro atoms. The van der Waals surface area contributed by atoms with Crippen molar-refractivity contribution in [3.05, 3.63) is 20.8 Å². The molecule has 1 aromatic rings. The van der Waals surface area contributed by atoms with E-state index in [1.54, 1.807) is 11.3 Å². The molecular weight excluding hydrogens is 286 g/mol. The van der Waals surface area contributed by atoms with E-state index in [1.807, 2.05) is 6.92 Å². The standard InChI is InChI=1S/C12H20BrNOS/c1-3-5-11(15-4-2)10(14)8-12-9(13)6-7-16-12/h6-7,10-11H,3-5,8,14H2,1-2H3. The van der Waals surface area contributed by atoms with Crippen LogP contribution in [-0.2, 0) is 11.2 Å². The number of hydrogen-bond donors (Lipinski definition) is 1. The molecule has 1 aromatic heterocycles. The lowest BCUT2D eigenvalue weighted by molar-refractivity contribution is 0.0380. The zero-order valence-electron chi connectivity index (χ0n) is 9.91. The predicted molar refractivity (Wildman–Crippen MR) is 74.0 cm³/mol. The lowest BCUT2D eigenvalue weighted by Gasteiger charge is -2.23. The Labute approximate surface area is 110 Å². The molecule has 4 heteroatoms. The minimum atomic E-state index is 0.0925. The van der Waals surface area contributed by atoms with Crippen molar-refractivity contribution < 1.29 is 4.74 Å². The molecule has 0 aliphatic carbocycles. The third-order valence-electron chi connectivity index (χ3n) is 2.54. The smallest absolute Gasteiger partial charge is 0.0729 e. The molecule has 0 fully saturated rings. The maximum absolute atomic E-state index is 6.21. The maximum Gasteiger partial charge on any atom is 0.0729 e. The summed E-state index contributed by atoms with van der Waals surface area (Å²) in [6, 6.07) is 2.16. The van der Waals surface area contributed by atoms with Crippen molar-refractivity contribution in [2.24, 2.45) is 5.73 Å². The lowest BCUT2D eigenvalue weighted by Crippen LogP contribution is -2.38. The molecule has 0 aliphatic heterocycles. The molecule has 0 amide bonds. The van der Waals surface area contributed by atoms with E-state index in [9.17, 15) is 0 Å². The molecule has 2 N–H and O–H groups in total. The van der Waals surface area contributed by atoms with Gasteiger partial charge in [-0.2, -0.15) is 0 Å². The summed E-state index contributed by atoms with van der Waals surface area (Å²) in [5, 5.41) is 2.08. The Balaban J connectivity index is 2.54. The van der Waals surface area contributed by atoms with Crippen LogP contribution in [0, 0.1) is 0 Å². The van der Waals surface area contributed by atoms with Crippen LogP contribution in [0.2, 0.25) is 0 Å². The van der Waals surface area contributed by atoms with Crippen LogP contribution in [0.4, 0.5) is 0 Å². The normalized spacial score (nSPS) is 15.0. The molecule has 0 bridgehead atoms. The molecule has 0 saturated carbocycles. The highest BCUT2D eigenvalue weighted by Crippen LogP contribution is 2.25. The van der Waals surface area contributed by atoms with Gasteiger partial charge in [-0.3, -0.25) is 0 Å². The van der Waals surface area contributed by atoms with Crippen molar-refractivity contribution in [3.63, 3.8) is 0 Å². The number of thiophene rings is 1. The zero-order valence-corrected chi connectivity index (χ0v) is 12.3. The van der Waals surface area contributed by atoms with Gasteiger partial charge < -0.3 is 10.5 Å². The SMILES string of the molecule is CCCC(OCC)C(N)Cc1sccc1Br. The fourth-order valence-electron chi connectivity index (χ4n) is 1.74. The molecule has 2 nitrogen and oxygen atoms in total. The number of ether oxygens (including phenoxy) is 1. The van der Waals surface area contributed by atoms with Crippen LogP contribution in [0.5, 0.6) is 0 Å². The average Bonchev–Trinajstić information content (AvgIpc) is 2.64. The van der Waals surface area contributed by atoms with Gasteiger partial charge in [0.05, 0.1) is 6.10 Å². The highest BCUT2D eigenvalue weighted by Gasteiger charge is 2.19. The third-order valence-corrected chi connectivity index (χ3v) is 4.49. The molecule has 1 heterocycles. The van der Waals surface area contributed by atoms with Crippen LogP contribution in [0.15, 0.2) is 15.9 Å². The van der Waals surface area contributed by atoms with Gasteiger partial charge in [0.1, 0.15) is 0 Å². The van der Waals surface area contributed by atoms with Gasteiger partial charge in [0, 0.05) is 28.4 Å². The second-order valence-corrected chi connectivity index (χ2v) is 5.70. The Hall–Kier alpha value is 0.100.